The molecule has 3 heterocycles. The Bertz CT molecular complexity index is 1280. The van der Waals surface area contributed by atoms with Crippen molar-refractivity contribution in [1.82, 2.24) is 15.2 Å². The molecule has 8 heteroatoms. The highest BCUT2D eigenvalue weighted by molar-refractivity contribution is 7.13. The number of aromatic nitrogens is 1. The molecule has 3 N–H and O–H groups in total. The van der Waals surface area contributed by atoms with Gasteiger partial charge in [0.25, 0.3) is 5.91 Å². The van der Waals surface area contributed by atoms with Crippen molar-refractivity contribution < 1.29 is 19.1 Å². The van der Waals surface area contributed by atoms with Crippen molar-refractivity contribution in [3.05, 3.63) is 77.6 Å². The van der Waals surface area contributed by atoms with Crippen molar-refractivity contribution in [2.45, 2.75) is 12.1 Å². The van der Waals surface area contributed by atoms with E-state index in [9.17, 15) is 19.1 Å². The summed E-state index contributed by atoms with van der Waals surface area (Å²) < 4.78 is 15.0. The molecule has 0 unspecified atom stereocenters. The Balaban J connectivity index is 1.58. The predicted octanol–water partition coefficient (Wildman–Crippen LogP) is 3.95. The van der Waals surface area contributed by atoms with Crippen LogP contribution in [0.1, 0.15) is 5.56 Å². The number of rotatable bonds is 4. The number of thiophene rings is 1. The van der Waals surface area contributed by atoms with Crippen LogP contribution in [0.15, 0.2) is 66.2 Å². The van der Waals surface area contributed by atoms with Crippen LogP contribution in [0.2, 0.25) is 0 Å². The molecular weight excluding hydrogens is 405 g/mol. The van der Waals surface area contributed by atoms with Gasteiger partial charge in [0.05, 0.1) is 6.54 Å². The number of nitrogens with zero attached hydrogens (tertiary/aromatic N) is 1. The molecular formula is C22H16FN3O3S. The molecule has 0 aliphatic carbocycles. The van der Waals surface area contributed by atoms with Crippen LogP contribution in [0.25, 0.3) is 21.2 Å². The quantitative estimate of drug-likeness (QED) is 0.437. The van der Waals surface area contributed by atoms with Gasteiger partial charge in [-0.25, -0.2) is 9.18 Å². The molecule has 1 aliphatic rings. The van der Waals surface area contributed by atoms with Crippen LogP contribution in [0.4, 0.5) is 9.18 Å². The maximum Gasteiger partial charge on any atom is 0.322 e. The van der Waals surface area contributed by atoms with Gasteiger partial charge >= 0.3 is 6.03 Å². The summed E-state index contributed by atoms with van der Waals surface area (Å²) in [5, 5.41) is 18.6. The summed E-state index contributed by atoms with van der Waals surface area (Å²) in [6.45, 7) is -0.0505. The second kappa shape index (κ2) is 6.70. The van der Waals surface area contributed by atoms with Gasteiger partial charge in [-0.1, -0.05) is 30.3 Å². The minimum Gasteiger partial charge on any atom is -0.494 e. The first-order chi connectivity index (χ1) is 14.5. The van der Waals surface area contributed by atoms with Gasteiger partial charge < -0.3 is 15.0 Å². The van der Waals surface area contributed by atoms with E-state index in [2.05, 4.69) is 10.6 Å². The van der Waals surface area contributed by atoms with E-state index in [1.54, 1.807) is 35.7 Å². The van der Waals surface area contributed by atoms with Crippen molar-refractivity contribution in [3.63, 3.8) is 0 Å². The first-order valence-electron chi connectivity index (χ1n) is 9.22. The van der Waals surface area contributed by atoms with Gasteiger partial charge in [-0.3, -0.25) is 10.1 Å². The zero-order valence-electron chi connectivity index (χ0n) is 15.6. The lowest BCUT2D eigenvalue weighted by atomic mass is 9.89. The number of hydrogen-bond acceptors (Lipinski definition) is 4. The average Bonchev–Trinajstić information content (AvgIpc) is 3.43. The van der Waals surface area contributed by atoms with Crippen molar-refractivity contribution >= 4 is 34.0 Å². The summed E-state index contributed by atoms with van der Waals surface area (Å²) in [6, 6.07) is 14.8. The number of hydrogen-bond donors (Lipinski definition) is 3. The highest BCUT2D eigenvalue weighted by atomic mass is 32.1. The molecule has 0 spiro atoms. The van der Waals surface area contributed by atoms with Gasteiger partial charge in [-0.15, -0.1) is 11.3 Å². The minimum absolute atomic E-state index is 0.0505. The normalized spacial score (nSPS) is 18.6. The second-order valence-corrected chi connectivity index (χ2v) is 8.13. The third kappa shape index (κ3) is 2.84. The zero-order valence-corrected chi connectivity index (χ0v) is 16.4. The molecule has 0 saturated carbocycles. The number of fused-ring (bicyclic) bond motifs is 1. The third-order valence-electron chi connectivity index (χ3n) is 5.36. The lowest BCUT2D eigenvalue weighted by Gasteiger charge is -2.27. The maximum absolute atomic E-state index is 13.6. The fourth-order valence-corrected chi connectivity index (χ4v) is 4.59. The first-order valence-corrected chi connectivity index (χ1v) is 10.1. The van der Waals surface area contributed by atoms with E-state index >= 15 is 0 Å². The van der Waals surface area contributed by atoms with E-state index in [1.165, 1.54) is 16.7 Å². The van der Waals surface area contributed by atoms with Gasteiger partial charge in [0.1, 0.15) is 5.82 Å². The largest absolute Gasteiger partial charge is 0.494 e. The van der Waals surface area contributed by atoms with E-state index < -0.39 is 23.3 Å². The molecule has 0 bridgehead atoms. The lowest BCUT2D eigenvalue weighted by Crippen LogP contribution is -2.47. The first kappa shape index (κ1) is 18.4. The smallest absolute Gasteiger partial charge is 0.322 e. The van der Waals surface area contributed by atoms with Gasteiger partial charge in [0.2, 0.25) is 0 Å². The van der Waals surface area contributed by atoms with Gasteiger partial charge in [-0.2, -0.15) is 0 Å². The molecule has 1 aliphatic heterocycles. The van der Waals surface area contributed by atoms with E-state index in [-0.39, 0.29) is 12.4 Å². The molecule has 2 aromatic heterocycles. The van der Waals surface area contributed by atoms with E-state index in [4.69, 9.17) is 0 Å². The van der Waals surface area contributed by atoms with Gasteiger partial charge in [0.15, 0.2) is 11.4 Å². The van der Waals surface area contributed by atoms with Gasteiger partial charge in [-0.05, 0) is 40.8 Å². The van der Waals surface area contributed by atoms with Crippen LogP contribution in [-0.4, -0.2) is 21.6 Å². The minimum atomic E-state index is -1.41. The van der Waals surface area contributed by atoms with Crippen LogP contribution in [0, 0.1) is 5.82 Å². The Morgan fingerprint density at radius 3 is 2.57 bits per heavy atom. The number of halogens is 1. The number of urea groups is 1. The fraction of sp³-hybridized carbons (Fsp3) is 0.0909. The highest BCUT2D eigenvalue weighted by Crippen LogP contribution is 2.34. The molecule has 0 radical (unpaired) electrons. The summed E-state index contributed by atoms with van der Waals surface area (Å²) in [6.07, 6.45) is 1.63. The number of aromatic hydroxyl groups is 1. The van der Waals surface area contributed by atoms with Crippen LogP contribution >= 0.6 is 11.3 Å². The number of carbonyl (C=O) groups is 2. The van der Waals surface area contributed by atoms with Crippen molar-refractivity contribution in [1.29, 1.82) is 0 Å². The summed E-state index contributed by atoms with van der Waals surface area (Å²) >= 11 is 1.61. The third-order valence-corrected chi connectivity index (χ3v) is 6.27. The van der Waals surface area contributed by atoms with Crippen LogP contribution in [-0.2, 0) is 16.9 Å². The SMILES string of the molecule is O=C1NC(=O)[C@](Cn2cc3ccc(F)cc3c2O)(c2ccc(-c3cccs3)cc2)N1. The maximum atomic E-state index is 13.6. The van der Waals surface area contributed by atoms with Crippen molar-refractivity contribution in [3.8, 4) is 16.3 Å². The van der Waals surface area contributed by atoms with Crippen LogP contribution < -0.4 is 10.6 Å². The Morgan fingerprint density at radius 1 is 1.10 bits per heavy atom. The van der Waals surface area contributed by atoms with Gasteiger partial charge in [0, 0.05) is 21.8 Å². The number of carbonyl (C=O) groups excluding carboxylic acids is 2. The number of nitrogens with one attached hydrogen (secondary N) is 2. The average molecular weight is 421 g/mol. The molecule has 4 aromatic rings. The standard InChI is InChI=1S/C22H16FN3O3S/c23-16-8-5-14-11-26(19(27)17(14)10-16)12-22(20(28)24-21(29)25-22)15-6-3-13(4-7-15)18-2-1-9-30-18/h1-11,27H,12H2,(H2,24,25,28,29)/t22-/m0/s1. The summed E-state index contributed by atoms with van der Waals surface area (Å²) in [5.41, 5.74) is 0.170. The van der Waals surface area contributed by atoms with E-state index in [0.29, 0.717) is 16.3 Å². The highest BCUT2D eigenvalue weighted by Gasteiger charge is 2.48. The number of amides is 3. The summed E-state index contributed by atoms with van der Waals surface area (Å²) in [7, 11) is 0. The van der Waals surface area contributed by atoms with Crippen LogP contribution in [0.3, 0.4) is 0 Å². The van der Waals surface area contributed by atoms with E-state index in [0.717, 1.165) is 10.4 Å². The molecule has 150 valence electrons. The molecule has 1 fully saturated rings. The molecule has 3 amide bonds. The topological polar surface area (TPSA) is 83.4 Å². The number of imide groups is 1. The molecule has 2 aromatic carbocycles. The monoisotopic (exact) mass is 421 g/mol. The molecule has 30 heavy (non-hydrogen) atoms. The Hall–Kier alpha value is -3.65. The van der Waals surface area contributed by atoms with Crippen molar-refractivity contribution in [2.75, 3.05) is 0 Å². The summed E-state index contributed by atoms with van der Waals surface area (Å²) in [4.78, 5) is 26.0. The Labute approximate surface area is 174 Å². The predicted molar refractivity (Wildman–Crippen MR) is 112 cm³/mol. The van der Waals surface area contributed by atoms with E-state index in [1.807, 2.05) is 29.6 Å². The Morgan fingerprint density at radius 2 is 1.90 bits per heavy atom. The lowest BCUT2D eigenvalue weighted by molar-refractivity contribution is -0.124. The second-order valence-electron chi connectivity index (χ2n) is 7.18. The van der Waals surface area contributed by atoms with Crippen LogP contribution in [0.5, 0.6) is 5.88 Å². The molecule has 5 rings (SSSR count). The number of benzene rings is 2. The zero-order chi connectivity index (χ0) is 20.9. The summed E-state index contributed by atoms with van der Waals surface area (Å²) in [5.74, 6) is -1.16. The molecule has 6 nitrogen and oxygen atoms in total. The van der Waals surface area contributed by atoms with Crippen molar-refractivity contribution in [2.24, 2.45) is 0 Å². The Kier molecular flexibility index (Phi) is 4.11. The molecule has 1 saturated heterocycles. The fourth-order valence-electron chi connectivity index (χ4n) is 3.85. The molecule has 1 atom stereocenters.